The molecule has 0 aromatic heterocycles. The molecular formula is C7H8FNS. The minimum atomic E-state index is -0.287. The fourth-order valence-corrected chi connectivity index (χ4v) is 0.507. The lowest BCUT2D eigenvalue weighted by molar-refractivity contribution is 0.628. The topological polar surface area (TPSA) is 26.0 Å². The molecule has 0 unspecified atom stereocenters. The number of rotatable bonds is 0. The van der Waals surface area contributed by atoms with Crippen molar-refractivity contribution < 1.29 is 4.39 Å². The fraction of sp³-hybridized carbons (Fsp3) is 0. The van der Waals surface area contributed by atoms with Crippen molar-refractivity contribution in [1.29, 1.82) is 0 Å². The zero-order valence-electron chi connectivity index (χ0n) is 5.38. The average molecular weight is 157 g/mol. The van der Waals surface area contributed by atoms with Crippen LogP contribution in [0.4, 0.5) is 10.1 Å². The predicted octanol–water partition coefficient (Wildman–Crippen LogP) is 2.02. The maximum absolute atomic E-state index is 12.1. The number of benzene rings is 1. The highest BCUT2D eigenvalue weighted by atomic mass is 32.1. The summed E-state index contributed by atoms with van der Waals surface area (Å²) in [5.74, 6) is 2.55. The second-order valence-corrected chi connectivity index (χ2v) is 1.56. The average Bonchev–Trinajstić information content (AvgIpc) is 1.91. The molecular weight excluding hydrogens is 149 g/mol. The Bertz CT molecular complexity index is 185. The van der Waals surface area contributed by atoms with E-state index in [-0.39, 0.29) is 5.82 Å². The summed E-state index contributed by atoms with van der Waals surface area (Å²) in [5.41, 5.74) is 5.68. The summed E-state index contributed by atoms with van der Waals surface area (Å²) in [4.78, 5) is 0. The Morgan fingerprint density at radius 2 is 2.00 bits per heavy atom. The van der Waals surface area contributed by atoms with Gasteiger partial charge in [-0.05, 0) is 24.1 Å². The number of thiocarbonyl (C=S) groups is 1. The van der Waals surface area contributed by atoms with Gasteiger partial charge >= 0.3 is 0 Å². The van der Waals surface area contributed by atoms with Crippen molar-refractivity contribution in [3.05, 3.63) is 30.1 Å². The van der Waals surface area contributed by atoms with E-state index in [9.17, 15) is 4.39 Å². The second-order valence-electron chi connectivity index (χ2n) is 1.56. The van der Waals surface area contributed by atoms with E-state index in [1.807, 2.05) is 0 Å². The number of nitrogens with two attached hydrogens (primary N) is 1. The number of hydrogen-bond donors (Lipinski definition) is 1. The van der Waals surface area contributed by atoms with Crippen LogP contribution in [0.25, 0.3) is 0 Å². The molecule has 3 heteroatoms. The minimum Gasteiger partial charge on any atom is -0.399 e. The van der Waals surface area contributed by atoms with Gasteiger partial charge in [0.05, 0.1) is 0 Å². The predicted molar refractivity (Wildman–Crippen MR) is 45.5 cm³/mol. The van der Waals surface area contributed by atoms with E-state index < -0.39 is 0 Å². The van der Waals surface area contributed by atoms with Crippen molar-refractivity contribution in [1.82, 2.24) is 0 Å². The van der Waals surface area contributed by atoms with Gasteiger partial charge in [0, 0.05) is 5.69 Å². The molecule has 1 nitrogen and oxygen atoms in total. The summed E-state index contributed by atoms with van der Waals surface area (Å²) < 4.78 is 12.1. The zero-order chi connectivity index (χ0) is 7.98. The number of anilines is 1. The number of halogens is 1. The van der Waals surface area contributed by atoms with Crippen LogP contribution in [-0.2, 0) is 0 Å². The molecule has 0 atom stereocenters. The van der Waals surface area contributed by atoms with Gasteiger partial charge in [0.2, 0.25) is 0 Å². The Morgan fingerprint density at radius 3 is 2.30 bits per heavy atom. The molecule has 0 heterocycles. The van der Waals surface area contributed by atoms with Crippen LogP contribution in [-0.4, -0.2) is 5.87 Å². The van der Waals surface area contributed by atoms with E-state index in [1.54, 1.807) is 12.1 Å². The molecule has 1 aromatic rings. The van der Waals surface area contributed by atoms with Crippen LogP contribution in [0.3, 0.4) is 0 Å². The third kappa shape index (κ3) is 3.14. The molecule has 0 aliphatic heterocycles. The SMILES string of the molecule is C=S.Nc1cccc(F)c1. The molecule has 0 amide bonds. The Kier molecular flexibility index (Phi) is 4.41. The van der Waals surface area contributed by atoms with Crippen LogP contribution in [0.2, 0.25) is 0 Å². The Morgan fingerprint density at radius 1 is 1.40 bits per heavy atom. The van der Waals surface area contributed by atoms with E-state index in [1.165, 1.54) is 12.1 Å². The summed E-state index contributed by atoms with van der Waals surface area (Å²) in [6, 6.07) is 5.85. The third-order valence-corrected chi connectivity index (χ3v) is 0.849. The summed E-state index contributed by atoms with van der Waals surface area (Å²) in [6.45, 7) is 0. The van der Waals surface area contributed by atoms with Gasteiger partial charge in [0.15, 0.2) is 0 Å². The largest absolute Gasteiger partial charge is 0.399 e. The van der Waals surface area contributed by atoms with E-state index in [4.69, 9.17) is 5.73 Å². The molecule has 54 valence electrons. The highest BCUT2D eigenvalue weighted by Gasteiger charge is 1.85. The summed E-state index contributed by atoms with van der Waals surface area (Å²) >= 11 is 3.83. The minimum absolute atomic E-state index is 0.287. The molecule has 0 aliphatic carbocycles. The van der Waals surface area contributed by atoms with Crippen LogP contribution in [0.5, 0.6) is 0 Å². The monoisotopic (exact) mass is 157 g/mol. The second kappa shape index (κ2) is 4.88. The lowest BCUT2D eigenvalue weighted by Gasteiger charge is -1.88. The first kappa shape index (κ1) is 9.04. The van der Waals surface area contributed by atoms with Crippen LogP contribution in [0.1, 0.15) is 0 Å². The van der Waals surface area contributed by atoms with Crippen LogP contribution in [0.15, 0.2) is 24.3 Å². The molecule has 0 spiro atoms. The fourth-order valence-electron chi connectivity index (χ4n) is 0.507. The summed E-state index contributed by atoms with van der Waals surface area (Å²) in [6.07, 6.45) is 0. The van der Waals surface area contributed by atoms with Crippen LogP contribution in [0, 0.1) is 5.82 Å². The van der Waals surface area contributed by atoms with E-state index in [0.29, 0.717) is 5.69 Å². The first-order valence-corrected chi connectivity index (χ1v) is 3.17. The first-order valence-electron chi connectivity index (χ1n) is 2.59. The summed E-state index contributed by atoms with van der Waals surface area (Å²) in [5, 5.41) is 0. The number of hydrogen-bond acceptors (Lipinski definition) is 2. The normalized spacial score (nSPS) is 7.70. The quantitative estimate of drug-likeness (QED) is 0.460. The third-order valence-electron chi connectivity index (χ3n) is 0.849. The molecule has 10 heavy (non-hydrogen) atoms. The maximum atomic E-state index is 12.1. The smallest absolute Gasteiger partial charge is 0.125 e. The molecule has 1 aromatic carbocycles. The van der Waals surface area contributed by atoms with E-state index >= 15 is 0 Å². The molecule has 0 radical (unpaired) electrons. The van der Waals surface area contributed by atoms with Gasteiger partial charge < -0.3 is 5.73 Å². The standard InChI is InChI=1S/C6H6FN.CH2S/c7-5-2-1-3-6(8)4-5;1-2/h1-4H,8H2;1H2. The van der Waals surface area contributed by atoms with Gasteiger partial charge in [-0.25, -0.2) is 4.39 Å². The molecule has 0 aliphatic rings. The first-order chi connectivity index (χ1) is 4.79. The van der Waals surface area contributed by atoms with Crippen molar-refractivity contribution in [3.8, 4) is 0 Å². The molecule has 0 saturated carbocycles. The maximum Gasteiger partial charge on any atom is 0.125 e. The highest BCUT2D eigenvalue weighted by Crippen LogP contribution is 2.02. The van der Waals surface area contributed by atoms with E-state index in [2.05, 4.69) is 18.1 Å². The van der Waals surface area contributed by atoms with Crippen molar-refractivity contribution in [2.45, 2.75) is 0 Å². The Balaban J connectivity index is 0.000000371. The van der Waals surface area contributed by atoms with Gasteiger partial charge in [0.25, 0.3) is 0 Å². The summed E-state index contributed by atoms with van der Waals surface area (Å²) in [7, 11) is 0. The Hall–Kier alpha value is -0.960. The Labute approximate surface area is 64.7 Å². The molecule has 0 bridgehead atoms. The molecule has 0 fully saturated rings. The highest BCUT2D eigenvalue weighted by molar-refractivity contribution is 7.77. The van der Waals surface area contributed by atoms with Crippen molar-refractivity contribution >= 4 is 23.8 Å². The number of nitrogen functional groups attached to an aromatic ring is 1. The van der Waals surface area contributed by atoms with Gasteiger partial charge in [0.1, 0.15) is 5.82 Å². The van der Waals surface area contributed by atoms with Crippen LogP contribution >= 0.6 is 12.2 Å². The van der Waals surface area contributed by atoms with E-state index in [0.717, 1.165) is 0 Å². The van der Waals surface area contributed by atoms with Crippen molar-refractivity contribution in [2.24, 2.45) is 0 Å². The van der Waals surface area contributed by atoms with Crippen LogP contribution < -0.4 is 5.73 Å². The van der Waals surface area contributed by atoms with Crippen molar-refractivity contribution in [2.75, 3.05) is 5.73 Å². The lowest BCUT2D eigenvalue weighted by Crippen LogP contribution is -1.83. The molecule has 1 rings (SSSR count). The van der Waals surface area contributed by atoms with Gasteiger partial charge in [-0.15, -0.1) is 0 Å². The van der Waals surface area contributed by atoms with Crippen molar-refractivity contribution in [3.63, 3.8) is 0 Å². The zero-order valence-corrected chi connectivity index (χ0v) is 6.20. The molecule has 0 saturated heterocycles. The molecule has 2 N–H and O–H groups in total. The van der Waals surface area contributed by atoms with Gasteiger partial charge in [-0.3, -0.25) is 0 Å². The van der Waals surface area contributed by atoms with Gasteiger partial charge in [-0.2, -0.15) is 0 Å². The lowest BCUT2D eigenvalue weighted by atomic mass is 10.3. The van der Waals surface area contributed by atoms with Gasteiger partial charge in [-0.1, -0.05) is 18.3 Å².